The quantitative estimate of drug-likeness (QED) is 0.359. The summed E-state index contributed by atoms with van der Waals surface area (Å²) in [5, 5.41) is 0.588. The smallest absolute Gasteiger partial charge is 0.292 e. The van der Waals surface area contributed by atoms with Gasteiger partial charge in [0.15, 0.2) is 5.78 Å². The second-order valence-corrected chi connectivity index (χ2v) is 10.00. The molecule has 0 saturated carbocycles. The van der Waals surface area contributed by atoms with E-state index < -0.39 is 5.69 Å². The maximum Gasteiger partial charge on any atom is 0.337 e. The molecular weight excluding hydrogens is 488 g/mol. The molecule has 2 aromatic heterocycles. The Balaban J connectivity index is 1.72. The molecular formula is C25H21BrN2O3S. The van der Waals surface area contributed by atoms with Crippen LogP contribution in [0.25, 0.3) is 15.9 Å². The van der Waals surface area contributed by atoms with Crippen LogP contribution in [0.4, 0.5) is 0 Å². The van der Waals surface area contributed by atoms with E-state index in [0.717, 1.165) is 46.2 Å². The Morgan fingerprint density at radius 1 is 1.03 bits per heavy atom. The molecule has 0 spiro atoms. The van der Waals surface area contributed by atoms with Crippen LogP contribution in [0.5, 0.6) is 0 Å². The van der Waals surface area contributed by atoms with Crippen molar-refractivity contribution in [3.05, 3.63) is 95.4 Å². The van der Waals surface area contributed by atoms with Gasteiger partial charge in [0.25, 0.3) is 5.56 Å². The summed E-state index contributed by atoms with van der Waals surface area (Å²) in [4.78, 5) is 41.9. The minimum atomic E-state index is -0.475. The average Bonchev–Trinajstić information content (AvgIpc) is 3.39. The van der Waals surface area contributed by atoms with E-state index in [1.807, 2.05) is 24.3 Å². The normalized spacial score (nSPS) is 12.9. The van der Waals surface area contributed by atoms with Gasteiger partial charge in [-0.15, -0.1) is 11.3 Å². The third-order valence-corrected chi connectivity index (χ3v) is 7.90. The second kappa shape index (κ2) is 8.30. The van der Waals surface area contributed by atoms with E-state index in [9.17, 15) is 14.4 Å². The molecule has 162 valence electrons. The minimum absolute atomic E-state index is 0.107. The van der Waals surface area contributed by atoms with Crippen LogP contribution >= 0.6 is 27.3 Å². The van der Waals surface area contributed by atoms with Crippen molar-refractivity contribution in [3.8, 4) is 5.69 Å². The summed E-state index contributed by atoms with van der Waals surface area (Å²) in [7, 11) is 0. The van der Waals surface area contributed by atoms with Crippen LogP contribution in [-0.2, 0) is 25.8 Å². The van der Waals surface area contributed by atoms with Gasteiger partial charge in [0.2, 0.25) is 0 Å². The van der Waals surface area contributed by atoms with E-state index in [0.29, 0.717) is 21.5 Å². The molecule has 0 fully saturated rings. The Hall–Kier alpha value is -2.77. The highest BCUT2D eigenvalue weighted by atomic mass is 79.9. The first-order valence-corrected chi connectivity index (χ1v) is 12.3. The Labute approximate surface area is 197 Å². The molecule has 0 bridgehead atoms. The van der Waals surface area contributed by atoms with Crippen LogP contribution in [0.15, 0.2) is 62.6 Å². The van der Waals surface area contributed by atoms with Crippen molar-refractivity contribution in [2.45, 2.75) is 39.2 Å². The van der Waals surface area contributed by atoms with Crippen molar-refractivity contribution < 1.29 is 4.79 Å². The van der Waals surface area contributed by atoms with Crippen LogP contribution in [-0.4, -0.2) is 14.9 Å². The largest absolute Gasteiger partial charge is 0.337 e. The number of halogens is 1. The molecule has 4 aromatic rings. The molecule has 1 aliphatic rings. The van der Waals surface area contributed by atoms with Crippen molar-refractivity contribution in [2.75, 3.05) is 0 Å². The van der Waals surface area contributed by atoms with Gasteiger partial charge in [-0.3, -0.25) is 14.2 Å². The molecule has 0 atom stereocenters. The standard InChI is InChI=1S/C25H21BrN2O3S/c1-2-15-6-12-18(13-7-15)28-23(30)22-19-4-3-5-21(19)32-24(22)27(25(28)31)14-20(29)16-8-10-17(26)11-9-16/h6-13H,2-5,14H2,1H3. The van der Waals surface area contributed by atoms with Crippen LogP contribution in [0.2, 0.25) is 0 Å². The number of thiophene rings is 1. The molecule has 1 aliphatic carbocycles. The van der Waals surface area contributed by atoms with Crippen molar-refractivity contribution in [2.24, 2.45) is 0 Å². The first-order valence-electron chi connectivity index (χ1n) is 10.7. The Morgan fingerprint density at radius 3 is 2.44 bits per heavy atom. The number of rotatable bonds is 5. The average molecular weight is 509 g/mol. The fourth-order valence-corrected chi connectivity index (χ4v) is 5.96. The molecule has 0 unspecified atom stereocenters. The summed E-state index contributed by atoms with van der Waals surface area (Å²) >= 11 is 4.86. The molecule has 0 aliphatic heterocycles. The fraction of sp³-hybridized carbons (Fsp3) is 0.240. The molecule has 2 heterocycles. The number of hydrogen-bond acceptors (Lipinski definition) is 4. The van der Waals surface area contributed by atoms with Gasteiger partial charge >= 0.3 is 5.69 Å². The highest BCUT2D eigenvalue weighted by Gasteiger charge is 2.26. The number of ketones is 1. The van der Waals surface area contributed by atoms with Gasteiger partial charge in [-0.2, -0.15) is 0 Å². The van der Waals surface area contributed by atoms with Gasteiger partial charge in [-0.25, -0.2) is 9.36 Å². The highest BCUT2D eigenvalue weighted by molar-refractivity contribution is 9.10. The van der Waals surface area contributed by atoms with Crippen LogP contribution in [0.1, 0.15) is 39.7 Å². The molecule has 0 radical (unpaired) electrons. The second-order valence-electron chi connectivity index (χ2n) is 8.00. The third kappa shape index (κ3) is 3.49. The van der Waals surface area contributed by atoms with Crippen molar-refractivity contribution in [1.82, 2.24) is 9.13 Å². The summed E-state index contributed by atoms with van der Waals surface area (Å²) in [6, 6.07) is 14.6. The van der Waals surface area contributed by atoms with Crippen LogP contribution < -0.4 is 11.2 Å². The maximum absolute atomic E-state index is 13.6. The lowest BCUT2D eigenvalue weighted by molar-refractivity contribution is 0.0971. The SMILES string of the molecule is CCc1ccc(-n2c(=O)c3c4c(sc3n(CC(=O)c3ccc(Br)cc3)c2=O)CCC4)cc1. The van der Waals surface area contributed by atoms with Gasteiger partial charge in [0, 0.05) is 14.9 Å². The fourth-order valence-electron chi connectivity index (χ4n) is 4.33. The number of benzene rings is 2. The van der Waals surface area contributed by atoms with Crippen molar-refractivity contribution in [1.29, 1.82) is 0 Å². The lowest BCUT2D eigenvalue weighted by atomic mass is 10.1. The number of nitrogens with zero attached hydrogens (tertiary/aromatic N) is 2. The molecule has 5 nitrogen and oxygen atoms in total. The van der Waals surface area contributed by atoms with E-state index in [1.54, 1.807) is 24.3 Å². The van der Waals surface area contributed by atoms with E-state index >= 15 is 0 Å². The first-order chi connectivity index (χ1) is 15.5. The summed E-state index contributed by atoms with van der Waals surface area (Å²) in [5.74, 6) is -0.166. The number of fused-ring (bicyclic) bond motifs is 3. The number of carbonyl (C=O) groups is 1. The first kappa shape index (κ1) is 21.1. The van der Waals surface area contributed by atoms with Crippen LogP contribution in [0, 0.1) is 0 Å². The summed E-state index contributed by atoms with van der Waals surface area (Å²) in [5.41, 5.74) is 2.46. The van der Waals surface area contributed by atoms with Crippen molar-refractivity contribution in [3.63, 3.8) is 0 Å². The Kier molecular flexibility index (Phi) is 5.47. The van der Waals surface area contributed by atoms with Crippen molar-refractivity contribution >= 4 is 43.3 Å². The zero-order valence-electron chi connectivity index (χ0n) is 17.6. The lowest BCUT2D eigenvalue weighted by Gasteiger charge is -2.13. The maximum atomic E-state index is 13.6. The number of aromatic nitrogens is 2. The predicted octanol–water partition coefficient (Wildman–Crippen LogP) is 4.91. The molecule has 0 saturated heterocycles. The van der Waals surface area contributed by atoms with Gasteiger partial charge in [0.1, 0.15) is 4.83 Å². The van der Waals surface area contributed by atoms with Crippen LogP contribution in [0.3, 0.4) is 0 Å². The summed E-state index contributed by atoms with van der Waals surface area (Å²) in [6.07, 6.45) is 3.63. The number of carbonyl (C=O) groups excluding carboxylic acids is 1. The monoisotopic (exact) mass is 508 g/mol. The van der Waals surface area contributed by atoms with E-state index in [1.165, 1.54) is 20.5 Å². The number of hydrogen-bond donors (Lipinski definition) is 0. The molecule has 32 heavy (non-hydrogen) atoms. The Bertz CT molecular complexity index is 1460. The van der Waals surface area contributed by atoms with Gasteiger partial charge in [-0.1, -0.05) is 47.1 Å². The molecule has 0 amide bonds. The van der Waals surface area contributed by atoms with E-state index in [-0.39, 0.29) is 17.9 Å². The minimum Gasteiger partial charge on any atom is -0.292 e. The van der Waals surface area contributed by atoms with Gasteiger partial charge in [-0.05, 0) is 61.1 Å². The number of Topliss-reactive ketones (excluding diaryl/α,β-unsaturated/α-hetero) is 1. The van der Waals surface area contributed by atoms with Gasteiger partial charge in [0.05, 0.1) is 17.6 Å². The van der Waals surface area contributed by atoms with E-state index in [4.69, 9.17) is 0 Å². The zero-order valence-corrected chi connectivity index (χ0v) is 20.0. The molecule has 7 heteroatoms. The number of aryl methyl sites for hydroxylation is 3. The topological polar surface area (TPSA) is 61.1 Å². The lowest BCUT2D eigenvalue weighted by Crippen LogP contribution is -2.39. The molecule has 0 N–H and O–H groups in total. The highest BCUT2D eigenvalue weighted by Crippen LogP contribution is 2.35. The predicted molar refractivity (Wildman–Crippen MR) is 132 cm³/mol. The summed E-state index contributed by atoms with van der Waals surface area (Å²) in [6.45, 7) is 1.95. The molecule has 5 rings (SSSR count). The third-order valence-electron chi connectivity index (χ3n) is 6.06. The zero-order chi connectivity index (χ0) is 22.4. The summed E-state index contributed by atoms with van der Waals surface area (Å²) < 4.78 is 3.59. The van der Waals surface area contributed by atoms with E-state index in [2.05, 4.69) is 22.9 Å². The molecule has 2 aromatic carbocycles. The van der Waals surface area contributed by atoms with Gasteiger partial charge < -0.3 is 0 Å². The Morgan fingerprint density at radius 2 is 1.75 bits per heavy atom.